The maximum absolute atomic E-state index is 11.6. The zero-order valence-electron chi connectivity index (χ0n) is 11.2. The Morgan fingerprint density at radius 3 is 2.63 bits per heavy atom. The molecule has 0 radical (unpaired) electrons. The molecule has 0 aromatic heterocycles. The van der Waals surface area contributed by atoms with Crippen molar-refractivity contribution in [3.8, 4) is 0 Å². The van der Waals surface area contributed by atoms with Crippen molar-refractivity contribution in [2.75, 3.05) is 18.4 Å². The highest BCUT2D eigenvalue weighted by Gasteiger charge is 2.15. The van der Waals surface area contributed by atoms with Crippen molar-refractivity contribution in [3.63, 3.8) is 0 Å². The summed E-state index contributed by atoms with van der Waals surface area (Å²) < 4.78 is 1.03. The molecule has 6 heteroatoms. The van der Waals surface area contributed by atoms with Gasteiger partial charge in [-0.3, -0.25) is 4.79 Å². The molecule has 0 aliphatic heterocycles. The molecule has 108 valence electrons. The Morgan fingerprint density at radius 2 is 2.05 bits per heavy atom. The van der Waals surface area contributed by atoms with Gasteiger partial charge < -0.3 is 16.4 Å². The van der Waals surface area contributed by atoms with Gasteiger partial charge in [-0.2, -0.15) is 0 Å². The third kappa shape index (κ3) is 6.80. The van der Waals surface area contributed by atoms with Gasteiger partial charge >= 0.3 is 0 Å². The van der Waals surface area contributed by atoms with Crippen LogP contribution in [0.5, 0.6) is 0 Å². The monoisotopic (exact) mass is 349 g/mol. The number of amides is 1. The Kier molecular flexibility index (Phi) is 8.80. The fourth-order valence-corrected chi connectivity index (χ4v) is 1.81. The van der Waals surface area contributed by atoms with E-state index in [9.17, 15) is 4.79 Å². The largest absolute Gasteiger partial charge is 0.383 e. The summed E-state index contributed by atoms with van der Waals surface area (Å²) in [5.74, 6) is 0.0593. The number of halogens is 2. The first kappa shape index (κ1) is 18.2. The van der Waals surface area contributed by atoms with Gasteiger partial charge in [0, 0.05) is 23.2 Å². The summed E-state index contributed by atoms with van der Waals surface area (Å²) in [4.78, 5) is 11.6. The van der Waals surface area contributed by atoms with Gasteiger partial charge in [0.15, 0.2) is 0 Å². The van der Waals surface area contributed by atoms with Gasteiger partial charge in [0.2, 0.25) is 5.91 Å². The number of carbonyl (C=O) groups is 1. The summed E-state index contributed by atoms with van der Waals surface area (Å²) in [7, 11) is 0. The first-order chi connectivity index (χ1) is 8.50. The maximum Gasteiger partial charge on any atom is 0.237 e. The van der Waals surface area contributed by atoms with E-state index in [0.29, 0.717) is 13.1 Å². The highest BCUT2D eigenvalue weighted by Crippen LogP contribution is 2.14. The Hall–Kier alpha value is -0.780. The summed E-state index contributed by atoms with van der Waals surface area (Å²) in [6.07, 6.45) is 0. The lowest BCUT2D eigenvalue weighted by Crippen LogP contribution is -2.45. The first-order valence-electron chi connectivity index (χ1n) is 6.03. The second-order valence-electron chi connectivity index (χ2n) is 4.50. The predicted molar refractivity (Wildman–Crippen MR) is 85.7 cm³/mol. The van der Waals surface area contributed by atoms with Gasteiger partial charge in [-0.15, -0.1) is 12.4 Å². The minimum absolute atomic E-state index is 0. The number of nitrogens with two attached hydrogens (primary N) is 1. The summed E-state index contributed by atoms with van der Waals surface area (Å²) in [6, 6.07) is 7.46. The molecule has 0 unspecified atom stereocenters. The van der Waals surface area contributed by atoms with Crippen molar-refractivity contribution in [3.05, 3.63) is 28.7 Å². The van der Waals surface area contributed by atoms with Gasteiger partial charge in [0.1, 0.15) is 0 Å². The van der Waals surface area contributed by atoms with E-state index in [-0.39, 0.29) is 24.2 Å². The summed E-state index contributed by atoms with van der Waals surface area (Å²) in [6.45, 7) is 5.10. The molecule has 1 amide bonds. The van der Waals surface area contributed by atoms with E-state index in [2.05, 4.69) is 26.6 Å². The fourth-order valence-electron chi connectivity index (χ4n) is 1.41. The zero-order chi connectivity index (χ0) is 13.5. The summed E-state index contributed by atoms with van der Waals surface area (Å²) in [5.41, 5.74) is 6.75. The topological polar surface area (TPSA) is 67.2 Å². The SMILES string of the molecule is CC(C)[C@H](N)C(=O)NCCNc1cccc(Br)c1.Cl. The van der Waals surface area contributed by atoms with Crippen LogP contribution in [-0.2, 0) is 4.79 Å². The Labute approximate surface area is 129 Å². The molecule has 0 bridgehead atoms. The van der Waals surface area contributed by atoms with Crippen molar-refractivity contribution < 1.29 is 4.79 Å². The second-order valence-corrected chi connectivity index (χ2v) is 5.41. The third-order valence-electron chi connectivity index (χ3n) is 2.60. The van der Waals surface area contributed by atoms with Crippen molar-refractivity contribution in [1.82, 2.24) is 5.32 Å². The molecule has 0 fully saturated rings. The summed E-state index contributed by atoms with van der Waals surface area (Å²) >= 11 is 3.40. The molecular formula is C13H21BrClN3O. The van der Waals surface area contributed by atoms with Crippen LogP contribution in [-0.4, -0.2) is 25.0 Å². The smallest absolute Gasteiger partial charge is 0.237 e. The number of hydrogen-bond donors (Lipinski definition) is 3. The number of benzene rings is 1. The molecule has 0 aliphatic carbocycles. The molecule has 4 nitrogen and oxygen atoms in total. The van der Waals surface area contributed by atoms with Crippen LogP contribution in [0.1, 0.15) is 13.8 Å². The lowest BCUT2D eigenvalue weighted by molar-refractivity contribution is -0.123. The van der Waals surface area contributed by atoms with Crippen LogP contribution in [0.3, 0.4) is 0 Å². The molecule has 1 atom stereocenters. The quantitative estimate of drug-likeness (QED) is 0.690. The zero-order valence-corrected chi connectivity index (χ0v) is 13.6. The normalized spacial score (nSPS) is 11.6. The molecule has 0 heterocycles. The van der Waals surface area contributed by atoms with Crippen LogP contribution in [0.2, 0.25) is 0 Å². The van der Waals surface area contributed by atoms with E-state index in [1.54, 1.807) is 0 Å². The standard InChI is InChI=1S/C13H20BrN3O.ClH/c1-9(2)12(15)13(18)17-7-6-16-11-5-3-4-10(14)8-11;/h3-5,8-9,12,16H,6-7,15H2,1-2H3,(H,17,18);1H/t12-;/m0./s1. The Balaban J connectivity index is 0.00000324. The molecule has 0 aliphatic rings. The van der Waals surface area contributed by atoms with Crippen LogP contribution in [0.4, 0.5) is 5.69 Å². The van der Waals surface area contributed by atoms with Crippen molar-refractivity contribution >= 4 is 39.9 Å². The van der Waals surface area contributed by atoms with Gasteiger partial charge in [-0.05, 0) is 24.1 Å². The molecule has 0 spiro atoms. The minimum atomic E-state index is -0.434. The molecule has 1 aromatic carbocycles. The highest BCUT2D eigenvalue weighted by molar-refractivity contribution is 9.10. The van der Waals surface area contributed by atoms with E-state index in [1.807, 2.05) is 38.1 Å². The number of carbonyl (C=O) groups excluding carboxylic acids is 1. The first-order valence-corrected chi connectivity index (χ1v) is 6.82. The van der Waals surface area contributed by atoms with Crippen molar-refractivity contribution in [1.29, 1.82) is 0 Å². The third-order valence-corrected chi connectivity index (χ3v) is 3.09. The van der Waals surface area contributed by atoms with E-state index >= 15 is 0 Å². The predicted octanol–water partition coefficient (Wildman–Crippen LogP) is 2.38. The van der Waals surface area contributed by atoms with Crippen LogP contribution >= 0.6 is 28.3 Å². The second kappa shape index (κ2) is 9.18. The van der Waals surface area contributed by atoms with Crippen molar-refractivity contribution in [2.24, 2.45) is 11.7 Å². The molecule has 0 saturated carbocycles. The number of hydrogen-bond acceptors (Lipinski definition) is 3. The van der Waals surface area contributed by atoms with Crippen LogP contribution < -0.4 is 16.4 Å². The minimum Gasteiger partial charge on any atom is -0.383 e. The van der Waals surface area contributed by atoms with Crippen LogP contribution in [0.25, 0.3) is 0 Å². The van der Waals surface area contributed by atoms with Gasteiger partial charge in [0.05, 0.1) is 6.04 Å². The highest BCUT2D eigenvalue weighted by atomic mass is 79.9. The molecule has 0 saturated heterocycles. The number of anilines is 1. The molecule has 19 heavy (non-hydrogen) atoms. The van der Waals surface area contributed by atoms with Gasteiger partial charge in [-0.25, -0.2) is 0 Å². The van der Waals surface area contributed by atoms with E-state index in [4.69, 9.17) is 5.73 Å². The van der Waals surface area contributed by atoms with E-state index in [1.165, 1.54) is 0 Å². The molecule has 1 rings (SSSR count). The molecule has 1 aromatic rings. The van der Waals surface area contributed by atoms with Gasteiger partial charge in [0.25, 0.3) is 0 Å². The maximum atomic E-state index is 11.6. The Bertz CT molecular complexity index is 401. The molecular weight excluding hydrogens is 330 g/mol. The lowest BCUT2D eigenvalue weighted by Gasteiger charge is -2.15. The van der Waals surface area contributed by atoms with E-state index < -0.39 is 6.04 Å². The van der Waals surface area contributed by atoms with E-state index in [0.717, 1.165) is 10.2 Å². The summed E-state index contributed by atoms with van der Waals surface area (Å²) in [5, 5.41) is 6.03. The van der Waals surface area contributed by atoms with Gasteiger partial charge in [-0.1, -0.05) is 35.8 Å². The fraction of sp³-hybridized carbons (Fsp3) is 0.462. The molecule has 4 N–H and O–H groups in total. The van der Waals surface area contributed by atoms with Crippen LogP contribution in [0, 0.1) is 5.92 Å². The lowest BCUT2D eigenvalue weighted by atomic mass is 10.1. The average Bonchev–Trinajstić information content (AvgIpc) is 2.33. The average molecular weight is 351 g/mol. The number of rotatable bonds is 6. The van der Waals surface area contributed by atoms with Crippen molar-refractivity contribution in [2.45, 2.75) is 19.9 Å². The van der Waals surface area contributed by atoms with Crippen LogP contribution in [0.15, 0.2) is 28.7 Å². The number of nitrogens with one attached hydrogen (secondary N) is 2. The Morgan fingerprint density at radius 1 is 1.37 bits per heavy atom.